The SMILES string of the molecule is Cc1nc(N2CCC(C(F)(F)F)CC2)sc1CN. The lowest BCUT2D eigenvalue weighted by Gasteiger charge is -2.32. The second kappa shape index (κ2) is 5.05. The highest BCUT2D eigenvalue weighted by molar-refractivity contribution is 7.15. The second-order valence-corrected chi connectivity index (χ2v) is 5.57. The van der Waals surface area contributed by atoms with Crippen LogP contribution in [0.3, 0.4) is 0 Å². The Labute approximate surface area is 108 Å². The number of anilines is 1. The first-order valence-corrected chi connectivity index (χ1v) is 6.71. The van der Waals surface area contributed by atoms with Crippen LogP contribution in [0.25, 0.3) is 0 Å². The van der Waals surface area contributed by atoms with Crippen LogP contribution >= 0.6 is 11.3 Å². The minimum atomic E-state index is -4.06. The fourth-order valence-electron chi connectivity index (χ4n) is 2.14. The third-order valence-electron chi connectivity index (χ3n) is 3.30. The summed E-state index contributed by atoms with van der Waals surface area (Å²) in [6.07, 6.45) is -3.76. The molecule has 0 radical (unpaired) electrons. The lowest BCUT2D eigenvalue weighted by atomic mass is 9.97. The average Bonchev–Trinajstić information content (AvgIpc) is 2.69. The predicted molar refractivity (Wildman–Crippen MR) is 65.7 cm³/mol. The highest BCUT2D eigenvalue weighted by atomic mass is 32.1. The molecule has 7 heteroatoms. The molecule has 2 N–H and O–H groups in total. The summed E-state index contributed by atoms with van der Waals surface area (Å²) in [7, 11) is 0. The van der Waals surface area contributed by atoms with Crippen molar-refractivity contribution in [3.8, 4) is 0 Å². The summed E-state index contributed by atoms with van der Waals surface area (Å²) >= 11 is 1.48. The molecule has 3 nitrogen and oxygen atoms in total. The van der Waals surface area contributed by atoms with Gasteiger partial charge in [0.2, 0.25) is 0 Å². The van der Waals surface area contributed by atoms with E-state index in [1.165, 1.54) is 11.3 Å². The molecule has 0 spiro atoms. The standard InChI is InChI=1S/C11H16F3N3S/c1-7-9(6-15)18-10(16-7)17-4-2-8(3-5-17)11(12,13)14/h8H,2-6,15H2,1H3. The van der Waals surface area contributed by atoms with E-state index in [1.807, 2.05) is 11.8 Å². The number of hydrogen-bond acceptors (Lipinski definition) is 4. The Kier molecular flexibility index (Phi) is 3.82. The first-order valence-electron chi connectivity index (χ1n) is 5.90. The monoisotopic (exact) mass is 279 g/mol. The van der Waals surface area contributed by atoms with E-state index >= 15 is 0 Å². The Bertz CT molecular complexity index is 408. The number of alkyl halides is 3. The number of nitrogens with zero attached hydrogens (tertiary/aromatic N) is 2. The highest BCUT2D eigenvalue weighted by Gasteiger charge is 2.41. The number of thiazole rings is 1. The lowest BCUT2D eigenvalue weighted by Crippen LogP contribution is -2.38. The first kappa shape index (κ1) is 13.6. The van der Waals surface area contributed by atoms with Crippen molar-refractivity contribution >= 4 is 16.5 Å². The van der Waals surface area contributed by atoms with Gasteiger partial charge in [-0.15, -0.1) is 11.3 Å². The Morgan fingerprint density at radius 3 is 2.44 bits per heavy atom. The predicted octanol–water partition coefficient (Wildman–Crippen LogP) is 2.69. The van der Waals surface area contributed by atoms with Crippen LogP contribution in [0.15, 0.2) is 0 Å². The zero-order valence-corrected chi connectivity index (χ0v) is 10.9. The molecule has 0 aliphatic carbocycles. The number of halogens is 3. The normalized spacial score (nSPS) is 18.4. The molecule has 0 amide bonds. The van der Waals surface area contributed by atoms with Crippen LogP contribution in [0.2, 0.25) is 0 Å². The van der Waals surface area contributed by atoms with Gasteiger partial charge in [0, 0.05) is 24.5 Å². The summed E-state index contributed by atoms with van der Waals surface area (Å²) in [5.74, 6) is -1.16. The van der Waals surface area contributed by atoms with Gasteiger partial charge in [-0.2, -0.15) is 13.2 Å². The van der Waals surface area contributed by atoms with Crippen LogP contribution in [-0.2, 0) is 6.54 Å². The van der Waals surface area contributed by atoms with Gasteiger partial charge in [0.1, 0.15) is 0 Å². The van der Waals surface area contributed by atoms with Gasteiger partial charge in [-0.25, -0.2) is 4.98 Å². The summed E-state index contributed by atoms with van der Waals surface area (Å²) in [4.78, 5) is 7.31. The molecule has 2 rings (SSSR count). The minimum Gasteiger partial charge on any atom is -0.348 e. The zero-order chi connectivity index (χ0) is 13.3. The van der Waals surface area contributed by atoms with Crippen LogP contribution in [0, 0.1) is 12.8 Å². The fraction of sp³-hybridized carbons (Fsp3) is 0.727. The van der Waals surface area contributed by atoms with Crippen molar-refractivity contribution in [2.24, 2.45) is 11.7 Å². The molecular weight excluding hydrogens is 263 g/mol. The van der Waals surface area contributed by atoms with Crippen molar-refractivity contribution < 1.29 is 13.2 Å². The molecule has 18 heavy (non-hydrogen) atoms. The van der Waals surface area contributed by atoms with Gasteiger partial charge in [-0.05, 0) is 19.8 Å². The Morgan fingerprint density at radius 1 is 1.39 bits per heavy atom. The van der Waals surface area contributed by atoms with Crippen molar-refractivity contribution in [1.82, 2.24) is 4.98 Å². The molecule has 1 aromatic rings. The van der Waals surface area contributed by atoms with Crippen molar-refractivity contribution in [1.29, 1.82) is 0 Å². The van der Waals surface area contributed by atoms with E-state index in [9.17, 15) is 13.2 Å². The van der Waals surface area contributed by atoms with Gasteiger partial charge in [-0.3, -0.25) is 0 Å². The largest absolute Gasteiger partial charge is 0.391 e. The molecule has 1 aliphatic rings. The van der Waals surface area contributed by atoms with E-state index in [1.54, 1.807) is 0 Å². The molecule has 1 aliphatic heterocycles. The molecule has 0 aromatic carbocycles. The molecule has 0 bridgehead atoms. The average molecular weight is 279 g/mol. The van der Waals surface area contributed by atoms with Gasteiger partial charge in [-0.1, -0.05) is 0 Å². The van der Waals surface area contributed by atoms with Crippen molar-refractivity contribution in [2.45, 2.75) is 32.5 Å². The summed E-state index contributed by atoms with van der Waals surface area (Å²) in [5, 5.41) is 0.800. The lowest BCUT2D eigenvalue weighted by molar-refractivity contribution is -0.179. The molecule has 1 fully saturated rings. The van der Waals surface area contributed by atoms with Crippen molar-refractivity contribution in [2.75, 3.05) is 18.0 Å². The van der Waals surface area contributed by atoms with Gasteiger partial charge in [0.15, 0.2) is 5.13 Å². The fourth-order valence-corrected chi connectivity index (χ4v) is 3.13. The maximum Gasteiger partial charge on any atom is 0.391 e. The van der Waals surface area contributed by atoms with Crippen LogP contribution in [0.5, 0.6) is 0 Å². The summed E-state index contributed by atoms with van der Waals surface area (Å²) in [5.41, 5.74) is 6.46. The number of rotatable bonds is 2. The summed E-state index contributed by atoms with van der Waals surface area (Å²) in [6.45, 7) is 3.15. The number of aryl methyl sites for hydroxylation is 1. The molecule has 0 atom stereocenters. The molecule has 2 heterocycles. The number of nitrogens with two attached hydrogens (primary N) is 1. The number of hydrogen-bond donors (Lipinski definition) is 1. The second-order valence-electron chi connectivity index (χ2n) is 4.51. The van der Waals surface area contributed by atoms with Crippen LogP contribution in [-0.4, -0.2) is 24.2 Å². The molecular formula is C11H16F3N3S. The Morgan fingerprint density at radius 2 is 2.00 bits per heavy atom. The highest BCUT2D eigenvalue weighted by Crippen LogP contribution is 2.36. The van der Waals surface area contributed by atoms with Crippen molar-refractivity contribution in [3.63, 3.8) is 0 Å². The molecule has 0 saturated carbocycles. The molecule has 1 saturated heterocycles. The topological polar surface area (TPSA) is 42.2 Å². The van der Waals surface area contributed by atoms with Gasteiger partial charge < -0.3 is 10.6 Å². The van der Waals surface area contributed by atoms with Crippen LogP contribution in [0.1, 0.15) is 23.4 Å². The van der Waals surface area contributed by atoms with Crippen LogP contribution < -0.4 is 10.6 Å². The third kappa shape index (κ3) is 2.77. The van der Waals surface area contributed by atoms with E-state index in [2.05, 4.69) is 4.98 Å². The summed E-state index contributed by atoms with van der Waals surface area (Å²) in [6, 6.07) is 0. The van der Waals surface area contributed by atoms with Gasteiger partial charge in [0.25, 0.3) is 0 Å². The maximum absolute atomic E-state index is 12.5. The van der Waals surface area contributed by atoms with Gasteiger partial charge >= 0.3 is 6.18 Å². The first-order chi connectivity index (χ1) is 8.41. The van der Waals surface area contributed by atoms with Gasteiger partial charge in [0.05, 0.1) is 11.6 Å². The van der Waals surface area contributed by atoms with E-state index in [4.69, 9.17) is 5.73 Å². The van der Waals surface area contributed by atoms with Crippen LogP contribution in [0.4, 0.5) is 18.3 Å². The van der Waals surface area contributed by atoms with E-state index < -0.39 is 12.1 Å². The molecule has 0 unspecified atom stereocenters. The molecule has 1 aromatic heterocycles. The van der Waals surface area contributed by atoms with E-state index in [0.717, 1.165) is 15.7 Å². The Hall–Kier alpha value is -0.820. The van der Waals surface area contributed by atoms with E-state index in [-0.39, 0.29) is 12.8 Å². The maximum atomic E-state index is 12.5. The minimum absolute atomic E-state index is 0.153. The quantitative estimate of drug-likeness (QED) is 0.905. The zero-order valence-electron chi connectivity index (χ0n) is 10.1. The third-order valence-corrected chi connectivity index (χ3v) is 4.54. The summed E-state index contributed by atoms with van der Waals surface area (Å²) < 4.78 is 37.6. The smallest absolute Gasteiger partial charge is 0.348 e. The Balaban J connectivity index is 2.01. The number of piperidine rings is 1. The van der Waals surface area contributed by atoms with Crippen molar-refractivity contribution in [3.05, 3.63) is 10.6 Å². The molecule has 102 valence electrons. The number of aromatic nitrogens is 1. The van der Waals surface area contributed by atoms with E-state index in [0.29, 0.717) is 19.6 Å².